The summed E-state index contributed by atoms with van der Waals surface area (Å²) >= 11 is 0. The van der Waals surface area contributed by atoms with Gasteiger partial charge in [-0.3, -0.25) is 9.78 Å². The Morgan fingerprint density at radius 3 is 2.93 bits per heavy atom. The lowest BCUT2D eigenvalue weighted by Gasteiger charge is -2.02. The van der Waals surface area contributed by atoms with Crippen LogP contribution in [0.3, 0.4) is 0 Å². The first-order chi connectivity index (χ1) is 7.20. The molecule has 0 bridgehead atoms. The maximum atomic E-state index is 11.9. The second-order valence-corrected chi connectivity index (χ2v) is 3.01. The lowest BCUT2D eigenvalue weighted by atomic mass is 10.2. The number of hydrogen-bond donors (Lipinski definition) is 1. The Morgan fingerprint density at radius 1 is 1.53 bits per heavy atom. The molecule has 0 fully saturated rings. The van der Waals surface area contributed by atoms with E-state index in [9.17, 15) is 4.79 Å². The minimum Gasteiger partial charge on any atom is -0.397 e. The number of carbonyl (C=O) groups is 1. The van der Waals surface area contributed by atoms with Crippen molar-refractivity contribution in [3.63, 3.8) is 0 Å². The van der Waals surface area contributed by atoms with Crippen LogP contribution in [-0.2, 0) is 7.05 Å². The summed E-state index contributed by atoms with van der Waals surface area (Å²) in [6, 6.07) is 3.30. The highest BCUT2D eigenvalue weighted by Crippen LogP contribution is 2.11. The minimum atomic E-state index is -0.277. The van der Waals surface area contributed by atoms with Crippen LogP contribution in [0.2, 0.25) is 0 Å². The van der Waals surface area contributed by atoms with Crippen molar-refractivity contribution in [2.24, 2.45) is 7.05 Å². The van der Waals surface area contributed by atoms with E-state index in [1.54, 1.807) is 19.2 Å². The predicted octanol–water partition coefficient (Wildman–Crippen LogP) is 0.0233. The molecule has 15 heavy (non-hydrogen) atoms. The van der Waals surface area contributed by atoms with E-state index in [-0.39, 0.29) is 11.5 Å². The van der Waals surface area contributed by atoms with Gasteiger partial charge in [0.15, 0.2) is 0 Å². The SMILES string of the molecule is Cn1nncc1C(=O)c1ncccc1N. The normalized spacial score (nSPS) is 10.2. The number of pyridine rings is 1. The number of nitrogens with zero attached hydrogens (tertiary/aromatic N) is 4. The van der Waals surface area contributed by atoms with Crippen LogP contribution >= 0.6 is 0 Å². The molecule has 0 amide bonds. The Morgan fingerprint density at radius 2 is 2.33 bits per heavy atom. The molecule has 6 nitrogen and oxygen atoms in total. The molecule has 0 saturated carbocycles. The number of hydrogen-bond acceptors (Lipinski definition) is 5. The van der Waals surface area contributed by atoms with Gasteiger partial charge >= 0.3 is 0 Å². The number of ketones is 1. The first-order valence-electron chi connectivity index (χ1n) is 4.30. The van der Waals surface area contributed by atoms with E-state index in [2.05, 4.69) is 15.3 Å². The molecule has 2 aromatic heterocycles. The third-order valence-corrected chi connectivity index (χ3v) is 2.00. The van der Waals surface area contributed by atoms with Crippen LogP contribution in [-0.4, -0.2) is 25.8 Å². The predicted molar refractivity (Wildman–Crippen MR) is 53.1 cm³/mol. The van der Waals surface area contributed by atoms with E-state index < -0.39 is 0 Å². The molecule has 0 saturated heterocycles. The Kier molecular flexibility index (Phi) is 2.17. The highest BCUT2D eigenvalue weighted by Gasteiger charge is 2.16. The fourth-order valence-corrected chi connectivity index (χ4v) is 1.22. The number of aromatic nitrogens is 4. The lowest BCUT2D eigenvalue weighted by molar-refractivity contribution is 0.102. The molecule has 2 rings (SSSR count). The summed E-state index contributed by atoms with van der Waals surface area (Å²) < 4.78 is 1.39. The molecule has 2 aromatic rings. The van der Waals surface area contributed by atoms with E-state index in [0.717, 1.165) is 0 Å². The van der Waals surface area contributed by atoms with Crippen LogP contribution in [0.15, 0.2) is 24.5 Å². The van der Waals surface area contributed by atoms with Gasteiger partial charge in [-0.1, -0.05) is 5.21 Å². The number of anilines is 1. The van der Waals surface area contributed by atoms with Gasteiger partial charge in [0.2, 0.25) is 5.78 Å². The summed E-state index contributed by atoms with van der Waals surface area (Å²) in [5.74, 6) is -0.277. The lowest BCUT2D eigenvalue weighted by Crippen LogP contribution is -2.12. The van der Waals surface area contributed by atoms with Crippen LogP contribution in [0.1, 0.15) is 16.2 Å². The van der Waals surface area contributed by atoms with Crippen LogP contribution in [0.5, 0.6) is 0 Å². The van der Waals surface area contributed by atoms with Gasteiger partial charge in [0.25, 0.3) is 0 Å². The summed E-state index contributed by atoms with van der Waals surface area (Å²) in [6.45, 7) is 0. The topological polar surface area (TPSA) is 86.7 Å². The molecule has 0 spiro atoms. The molecule has 0 aromatic carbocycles. The Hall–Kier alpha value is -2.24. The molecule has 0 aliphatic carbocycles. The summed E-state index contributed by atoms with van der Waals surface area (Å²) in [6.07, 6.45) is 2.91. The summed E-state index contributed by atoms with van der Waals surface area (Å²) in [5, 5.41) is 7.29. The van der Waals surface area contributed by atoms with Crippen molar-refractivity contribution in [2.45, 2.75) is 0 Å². The molecule has 76 valence electrons. The van der Waals surface area contributed by atoms with Gasteiger partial charge in [-0.25, -0.2) is 4.68 Å². The van der Waals surface area contributed by atoms with Crippen molar-refractivity contribution in [3.8, 4) is 0 Å². The number of aryl methyl sites for hydroxylation is 1. The van der Waals surface area contributed by atoms with Gasteiger partial charge in [-0.05, 0) is 12.1 Å². The van der Waals surface area contributed by atoms with E-state index in [1.807, 2.05) is 0 Å². The monoisotopic (exact) mass is 203 g/mol. The van der Waals surface area contributed by atoms with Crippen LogP contribution in [0.4, 0.5) is 5.69 Å². The highest BCUT2D eigenvalue weighted by atomic mass is 16.1. The average molecular weight is 203 g/mol. The maximum absolute atomic E-state index is 11.9. The smallest absolute Gasteiger partial charge is 0.233 e. The second-order valence-electron chi connectivity index (χ2n) is 3.01. The molecular formula is C9H9N5O. The number of nitrogens with two attached hydrogens (primary N) is 1. The molecule has 0 aliphatic rings. The highest BCUT2D eigenvalue weighted by molar-refractivity contribution is 6.09. The van der Waals surface area contributed by atoms with Crippen LogP contribution in [0, 0.1) is 0 Å². The van der Waals surface area contributed by atoms with E-state index in [1.165, 1.54) is 17.1 Å². The second kappa shape index (κ2) is 3.49. The van der Waals surface area contributed by atoms with Gasteiger partial charge in [0.1, 0.15) is 11.4 Å². The molecular weight excluding hydrogens is 194 g/mol. The van der Waals surface area contributed by atoms with Crippen molar-refractivity contribution in [1.29, 1.82) is 0 Å². The van der Waals surface area contributed by atoms with Gasteiger partial charge in [-0.2, -0.15) is 0 Å². The largest absolute Gasteiger partial charge is 0.397 e. The van der Waals surface area contributed by atoms with Gasteiger partial charge in [-0.15, -0.1) is 5.10 Å². The van der Waals surface area contributed by atoms with Crippen molar-refractivity contribution >= 4 is 11.5 Å². The van der Waals surface area contributed by atoms with Crippen molar-refractivity contribution in [3.05, 3.63) is 35.9 Å². The zero-order valence-electron chi connectivity index (χ0n) is 8.08. The molecule has 0 aliphatic heterocycles. The average Bonchev–Trinajstić information content (AvgIpc) is 2.64. The van der Waals surface area contributed by atoms with Crippen LogP contribution in [0.25, 0.3) is 0 Å². The first-order valence-corrected chi connectivity index (χ1v) is 4.30. The van der Waals surface area contributed by atoms with E-state index >= 15 is 0 Å². The third kappa shape index (κ3) is 1.56. The number of rotatable bonds is 2. The minimum absolute atomic E-state index is 0.225. The third-order valence-electron chi connectivity index (χ3n) is 2.00. The molecule has 2 heterocycles. The zero-order chi connectivity index (χ0) is 10.8. The van der Waals surface area contributed by atoms with Crippen molar-refractivity contribution in [2.75, 3.05) is 5.73 Å². The summed E-state index contributed by atoms with van der Waals surface area (Å²) in [7, 11) is 1.64. The van der Waals surface area contributed by atoms with Crippen molar-refractivity contribution in [1.82, 2.24) is 20.0 Å². The maximum Gasteiger partial charge on any atom is 0.233 e. The van der Waals surface area contributed by atoms with Gasteiger partial charge in [0.05, 0.1) is 11.9 Å². The van der Waals surface area contributed by atoms with Crippen molar-refractivity contribution < 1.29 is 4.79 Å². The van der Waals surface area contributed by atoms with Crippen LogP contribution < -0.4 is 5.73 Å². The fourth-order valence-electron chi connectivity index (χ4n) is 1.22. The molecule has 0 unspecified atom stereocenters. The van der Waals surface area contributed by atoms with Gasteiger partial charge in [0, 0.05) is 13.2 Å². The van der Waals surface area contributed by atoms with E-state index in [4.69, 9.17) is 5.73 Å². The standard InChI is InChI=1S/C9H9N5O/c1-14-7(5-12-13-14)9(15)8-6(10)3-2-4-11-8/h2-5H,10H2,1H3. The Labute approximate surface area is 85.7 Å². The number of nitrogen functional groups attached to an aromatic ring is 1. The molecule has 0 atom stereocenters. The first kappa shape index (κ1) is 9.32. The Bertz CT molecular complexity index is 505. The number of carbonyl (C=O) groups excluding carboxylic acids is 1. The van der Waals surface area contributed by atoms with E-state index in [0.29, 0.717) is 11.4 Å². The van der Waals surface area contributed by atoms with Gasteiger partial charge < -0.3 is 5.73 Å². The quantitative estimate of drug-likeness (QED) is 0.695. The Balaban J connectivity index is 2.46. The fraction of sp³-hybridized carbons (Fsp3) is 0.111. The molecule has 6 heteroatoms. The summed E-state index contributed by atoms with van der Waals surface area (Å²) in [5.41, 5.74) is 6.58. The molecule has 2 N–H and O–H groups in total. The zero-order valence-corrected chi connectivity index (χ0v) is 8.08. The molecule has 0 radical (unpaired) electrons. The summed E-state index contributed by atoms with van der Waals surface area (Å²) in [4.78, 5) is 15.8.